The fraction of sp³-hybridized carbons (Fsp3) is 0.600. The third-order valence-electron chi connectivity index (χ3n) is 8.00. The molecule has 0 saturated heterocycles. The average molecular weight is 440 g/mol. The van der Waals surface area contributed by atoms with Crippen LogP contribution in [0.2, 0.25) is 5.02 Å². The Labute approximate surface area is 190 Å². The van der Waals surface area contributed by atoms with E-state index < -0.39 is 0 Å². The highest BCUT2D eigenvalue weighted by Crippen LogP contribution is 2.42. The van der Waals surface area contributed by atoms with Crippen molar-refractivity contribution in [2.24, 2.45) is 17.4 Å². The van der Waals surface area contributed by atoms with Gasteiger partial charge in [0.05, 0.1) is 11.7 Å². The Morgan fingerprint density at radius 1 is 1.19 bits per heavy atom. The molecule has 5 rings (SSSR count). The highest BCUT2D eigenvalue weighted by molar-refractivity contribution is 6.30. The van der Waals surface area contributed by atoms with Crippen molar-refractivity contribution in [3.63, 3.8) is 0 Å². The predicted octanol–water partition coefficient (Wildman–Crippen LogP) is 4.05. The highest BCUT2D eigenvalue weighted by Gasteiger charge is 2.39. The van der Waals surface area contributed by atoms with E-state index in [1.807, 2.05) is 6.07 Å². The Morgan fingerprint density at radius 2 is 1.97 bits per heavy atom. The van der Waals surface area contributed by atoms with Crippen molar-refractivity contribution in [2.75, 3.05) is 13.1 Å². The molecule has 3 aliphatic rings. The van der Waals surface area contributed by atoms with Gasteiger partial charge in [0.1, 0.15) is 5.82 Å². The summed E-state index contributed by atoms with van der Waals surface area (Å²) in [7, 11) is 0. The molecule has 0 bridgehead atoms. The molecule has 5 nitrogen and oxygen atoms in total. The second-order valence-corrected chi connectivity index (χ2v) is 10.3. The van der Waals surface area contributed by atoms with E-state index in [2.05, 4.69) is 30.0 Å². The monoisotopic (exact) mass is 439 g/mol. The van der Waals surface area contributed by atoms with Gasteiger partial charge < -0.3 is 11.5 Å². The van der Waals surface area contributed by atoms with Crippen LogP contribution < -0.4 is 11.5 Å². The summed E-state index contributed by atoms with van der Waals surface area (Å²) in [4.78, 5) is 12.4. The lowest BCUT2D eigenvalue weighted by Gasteiger charge is -2.44. The zero-order valence-corrected chi connectivity index (χ0v) is 19.2. The van der Waals surface area contributed by atoms with Crippen LogP contribution in [0.3, 0.4) is 0 Å². The normalized spacial score (nSPS) is 27.7. The fourth-order valence-corrected chi connectivity index (χ4v) is 5.89. The van der Waals surface area contributed by atoms with Crippen LogP contribution in [0.25, 0.3) is 0 Å². The first-order valence-corrected chi connectivity index (χ1v) is 12.2. The van der Waals surface area contributed by atoms with Gasteiger partial charge in [-0.05, 0) is 69.1 Å². The summed E-state index contributed by atoms with van der Waals surface area (Å²) in [6, 6.07) is 8.90. The number of aryl methyl sites for hydroxylation is 1. The maximum Gasteiger partial charge on any atom is 0.145 e. The number of aromatic nitrogens is 2. The number of rotatable bonds is 5. The van der Waals surface area contributed by atoms with Crippen LogP contribution in [-0.4, -0.2) is 34.0 Å². The topological polar surface area (TPSA) is 81.1 Å². The smallest absolute Gasteiger partial charge is 0.145 e. The second kappa shape index (κ2) is 8.43. The van der Waals surface area contributed by atoms with Crippen molar-refractivity contribution in [1.29, 1.82) is 0 Å². The number of hydrogen-bond acceptors (Lipinski definition) is 5. The third kappa shape index (κ3) is 4.13. The first-order valence-electron chi connectivity index (χ1n) is 11.8. The molecule has 6 heteroatoms. The quantitative estimate of drug-likeness (QED) is 0.734. The van der Waals surface area contributed by atoms with Gasteiger partial charge in [0.15, 0.2) is 0 Å². The van der Waals surface area contributed by atoms with Gasteiger partial charge in [-0.3, -0.25) is 4.90 Å². The molecule has 1 aromatic carbocycles. The van der Waals surface area contributed by atoms with Crippen LogP contribution in [0.15, 0.2) is 24.3 Å². The molecule has 1 aromatic heterocycles. The van der Waals surface area contributed by atoms with E-state index in [0.29, 0.717) is 18.5 Å². The summed E-state index contributed by atoms with van der Waals surface area (Å²) < 4.78 is 0. The van der Waals surface area contributed by atoms with Gasteiger partial charge in [-0.1, -0.05) is 23.7 Å². The molecule has 2 aromatic rings. The predicted molar refractivity (Wildman–Crippen MR) is 125 cm³/mol. The molecule has 166 valence electrons. The maximum atomic E-state index is 6.39. The molecule has 31 heavy (non-hydrogen) atoms. The zero-order valence-electron chi connectivity index (χ0n) is 18.5. The molecule has 0 amide bonds. The van der Waals surface area contributed by atoms with Crippen LogP contribution in [0.4, 0.5) is 0 Å². The molecule has 0 radical (unpaired) electrons. The standard InChI is InChI=1S/C25H34ClN5/c1-16-21-14-31(12-9-22(21)30-24(29-16)23(28)17-5-6-17)20-7-10-25(15-27,11-8-20)18-3-2-4-19(26)13-18/h2-4,13,17,20,23H,5-12,14-15,27-28H2,1H3. The summed E-state index contributed by atoms with van der Waals surface area (Å²) in [5.74, 6) is 1.45. The van der Waals surface area contributed by atoms with Crippen molar-refractivity contribution in [1.82, 2.24) is 14.9 Å². The minimum absolute atomic E-state index is 0.0104. The van der Waals surface area contributed by atoms with E-state index in [1.54, 1.807) is 0 Å². The zero-order chi connectivity index (χ0) is 21.6. The lowest BCUT2D eigenvalue weighted by molar-refractivity contribution is 0.111. The molecular weight excluding hydrogens is 406 g/mol. The number of fused-ring (bicyclic) bond motifs is 1. The van der Waals surface area contributed by atoms with Crippen LogP contribution in [0.5, 0.6) is 0 Å². The van der Waals surface area contributed by atoms with Crippen molar-refractivity contribution >= 4 is 11.6 Å². The summed E-state index contributed by atoms with van der Waals surface area (Å²) in [5.41, 5.74) is 17.7. The minimum Gasteiger partial charge on any atom is -0.330 e. The third-order valence-corrected chi connectivity index (χ3v) is 8.23. The molecule has 2 saturated carbocycles. The average Bonchev–Trinajstić information content (AvgIpc) is 3.64. The second-order valence-electron chi connectivity index (χ2n) is 9.90. The number of benzene rings is 1. The number of hydrogen-bond donors (Lipinski definition) is 2. The Balaban J connectivity index is 1.28. The Morgan fingerprint density at radius 3 is 2.65 bits per heavy atom. The maximum absolute atomic E-state index is 6.39. The molecule has 1 atom stereocenters. The van der Waals surface area contributed by atoms with Gasteiger partial charge in [-0.15, -0.1) is 0 Å². The van der Waals surface area contributed by atoms with E-state index in [0.717, 1.165) is 48.9 Å². The van der Waals surface area contributed by atoms with Gasteiger partial charge in [0, 0.05) is 53.8 Å². The lowest BCUT2D eigenvalue weighted by atomic mass is 9.68. The van der Waals surface area contributed by atoms with E-state index in [-0.39, 0.29) is 11.5 Å². The van der Waals surface area contributed by atoms with Crippen LogP contribution >= 0.6 is 11.6 Å². The Kier molecular flexibility index (Phi) is 5.80. The fourth-order valence-electron chi connectivity index (χ4n) is 5.70. The molecule has 2 aliphatic carbocycles. The van der Waals surface area contributed by atoms with Crippen molar-refractivity contribution in [3.8, 4) is 0 Å². The summed E-state index contributed by atoms with van der Waals surface area (Å²) in [6.45, 7) is 4.84. The van der Waals surface area contributed by atoms with E-state index in [4.69, 9.17) is 33.0 Å². The first kappa shape index (κ1) is 21.3. The molecule has 2 fully saturated rings. The van der Waals surface area contributed by atoms with Crippen LogP contribution in [-0.2, 0) is 18.4 Å². The molecule has 0 spiro atoms. The van der Waals surface area contributed by atoms with Crippen molar-refractivity contribution in [3.05, 3.63) is 57.6 Å². The highest BCUT2D eigenvalue weighted by atomic mass is 35.5. The summed E-state index contributed by atoms with van der Waals surface area (Å²) in [5, 5.41) is 0.802. The number of halogens is 1. The largest absolute Gasteiger partial charge is 0.330 e. The van der Waals surface area contributed by atoms with Crippen LogP contribution in [0.1, 0.15) is 72.9 Å². The van der Waals surface area contributed by atoms with Gasteiger partial charge in [0.2, 0.25) is 0 Å². The van der Waals surface area contributed by atoms with Crippen LogP contribution in [0, 0.1) is 12.8 Å². The minimum atomic E-state index is 0.0104. The first-order chi connectivity index (χ1) is 15.0. The Hall–Kier alpha value is -1.53. The van der Waals surface area contributed by atoms with Crippen molar-refractivity contribution in [2.45, 2.75) is 75.9 Å². The van der Waals surface area contributed by atoms with E-state index in [9.17, 15) is 0 Å². The SMILES string of the molecule is Cc1nc(C(N)C2CC2)nc2c1CN(C1CCC(CN)(c3cccc(Cl)c3)CC1)CC2. The lowest BCUT2D eigenvalue weighted by Crippen LogP contribution is -2.47. The molecule has 1 unspecified atom stereocenters. The van der Waals surface area contributed by atoms with Gasteiger partial charge in [-0.2, -0.15) is 0 Å². The van der Waals surface area contributed by atoms with Crippen molar-refractivity contribution < 1.29 is 0 Å². The van der Waals surface area contributed by atoms with E-state index >= 15 is 0 Å². The van der Waals surface area contributed by atoms with Gasteiger partial charge in [-0.25, -0.2) is 9.97 Å². The number of nitrogens with zero attached hydrogens (tertiary/aromatic N) is 3. The molecule has 2 heterocycles. The molecule has 4 N–H and O–H groups in total. The number of nitrogens with two attached hydrogens (primary N) is 2. The molecule has 1 aliphatic heterocycles. The molecular formula is C25H34ClN5. The Bertz CT molecular complexity index is 949. The summed E-state index contributed by atoms with van der Waals surface area (Å²) >= 11 is 6.28. The van der Waals surface area contributed by atoms with Gasteiger partial charge >= 0.3 is 0 Å². The van der Waals surface area contributed by atoms with Gasteiger partial charge in [0.25, 0.3) is 0 Å². The summed E-state index contributed by atoms with van der Waals surface area (Å²) in [6.07, 6.45) is 8.00. The van der Waals surface area contributed by atoms with E-state index in [1.165, 1.54) is 42.5 Å².